The Balaban J connectivity index is 2.07. The first kappa shape index (κ1) is 13.6. The molecule has 0 heterocycles. The highest BCUT2D eigenvalue weighted by atomic mass is 16.5. The smallest absolute Gasteiger partial charge is 0.119 e. The molecule has 0 amide bonds. The van der Waals surface area contributed by atoms with Crippen molar-refractivity contribution in [3.8, 4) is 18.1 Å². The van der Waals surface area contributed by atoms with Crippen molar-refractivity contribution < 1.29 is 4.74 Å². The van der Waals surface area contributed by atoms with E-state index in [9.17, 15) is 0 Å². The van der Waals surface area contributed by atoms with Gasteiger partial charge in [-0.1, -0.05) is 25.1 Å². The molecule has 1 N–H and O–H groups in total. The van der Waals surface area contributed by atoms with Gasteiger partial charge in [-0.15, -0.1) is 12.3 Å². The Labute approximate surface area is 104 Å². The summed E-state index contributed by atoms with van der Waals surface area (Å²) in [5, 5.41) is 3.43. The average Bonchev–Trinajstić information content (AvgIpc) is 2.38. The minimum absolute atomic E-state index is 0.441. The standard InChI is InChI=1S/C15H21NO/c1-3-9-14(4-2)16-12-8-13-17-15-10-6-5-7-11-15/h1,5-7,10-11,14,16H,4,8-9,12-13H2,2H3. The molecule has 2 heteroatoms. The third-order valence-electron chi connectivity index (χ3n) is 2.62. The largest absolute Gasteiger partial charge is 0.494 e. The van der Waals surface area contributed by atoms with Gasteiger partial charge in [-0.3, -0.25) is 0 Å². The van der Waals surface area contributed by atoms with E-state index in [1.807, 2.05) is 30.3 Å². The summed E-state index contributed by atoms with van der Waals surface area (Å²) < 4.78 is 5.60. The van der Waals surface area contributed by atoms with E-state index in [0.29, 0.717) is 6.04 Å². The Morgan fingerprint density at radius 1 is 1.35 bits per heavy atom. The van der Waals surface area contributed by atoms with Crippen molar-refractivity contribution in [3.63, 3.8) is 0 Å². The first-order valence-corrected chi connectivity index (χ1v) is 6.21. The van der Waals surface area contributed by atoms with E-state index >= 15 is 0 Å². The molecule has 0 saturated carbocycles. The summed E-state index contributed by atoms with van der Waals surface area (Å²) in [5.41, 5.74) is 0. The maximum atomic E-state index is 5.60. The van der Waals surface area contributed by atoms with Crippen LogP contribution < -0.4 is 10.1 Å². The van der Waals surface area contributed by atoms with E-state index in [-0.39, 0.29) is 0 Å². The van der Waals surface area contributed by atoms with Crippen LogP contribution in [0.25, 0.3) is 0 Å². The van der Waals surface area contributed by atoms with E-state index in [4.69, 9.17) is 11.2 Å². The minimum atomic E-state index is 0.441. The molecule has 1 aromatic carbocycles. The molecule has 0 aliphatic rings. The Kier molecular flexibility index (Phi) is 6.93. The zero-order valence-corrected chi connectivity index (χ0v) is 10.5. The molecule has 1 aromatic rings. The van der Waals surface area contributed by atoms with Crippen LogP contribution in [0.15, 0.2) is 30.3 Å². The monoisotopic (exact) mass is 231 g/mol. The summed E-state index contributed by atoms with van der Waals surface area (Å²) in [7, 11) is 0. The van der Waals surface area contributed by atoms with Gasteiger partial charge in [0.2, 0.25) is 0 Å². The predicted molar refractivity (Wildman–Crippen MR) is 72.1 cm³/mol. The van der Waals surface area contributed by atoms with E-state index in [0.717, 1.165) is 38.2 Å². The molecular weight excluding hydrogens is 210 g/mol. The molecule has 17 heavy (non-hydrogen) atoms. The Morgan fingerprint density at radius 2 is 2.12 bits per heavy atom. The molecule has 0 aromatic heterocycles. The number of hydrogen-bond acceptors (Lipinski definition) is 2. The summed E-state index contributed by atoms with van der Waals surface area (Å²) in [6.45, 7) is 3.84. The van der Waals surface area contributed by atoms with Gasteiger partial charge in [0.1, 0.15) is 5.75 Å². The second-order valence-electron chi connectivity index (χ2n) is 3.98. The lowest BCUT2D eigenvalue weighted by molar-refractivity contribution is 0.304. The second-order valence-corrected chi connectivity index (χ2v) is 3.98. The van der Waals surface area contributed by atoms with E-state index in [1.54, 1.807) is 0 Å². The normalized spacial score (nSPS) is 11.8. The molecule has 0 radical (unpaired) electrons. The maximum Gasteiger partial charge on any atom is 0.119 e. The van der Waals surface area contributed by atoms with Gasteiger partial charge in [0.15, 0.2) is 0 Å². The molecule has 0 spiro atoms. The molecule has 92 valence electrons. The van der Waals surface area contributed by atoms with Gasteiger partial charge in [-0.2, -0.15) is 0 Å². The first-order valence-electron chi connectivity index (χ1n) is 6.21. The Morgan fingerprint density at radius 3 is 2.76 bits per heavy atom. The highest BCUT2D eigenvalue weighted by molar-refractivity contribution is 5.20. The number of ether oxygens (including phenoxy) is 1. The van der Waals surface area contributed by atoms with Crippen molar-refractivity contribution in [3.05, 3.63) is 30.3 Å². The van der Waals surface area contributed by atoms with Crippen LogP contribution >= 0.6 is 0 Å². The van der Waals surface area contributed by atoms with Crippen LogP contribution in [0.4, 0.5) is 0 Å². The number of benzene rings is 1. The van der Waals surface area contributed by atoms with Gasteiger partial charge in [-0.25, -0.2) is 0 Å². The van der Waals surface area contributed by atoms with Gasteiger partial charge in [0.05, 0.1) is 6.61 Å². The van der Waals surface area contributed by atoms with Crippen LogP contribution in [-0.2, 0) is 0 Å². The number of para-hydroxylation sites is 1. The highest BCUT2D eigenvalue weighted by Crippen LogP contribution is 2.08. The summed E-state index contributed by atoms with van der Waals surface area (Å²) in [6, 6.07) is 10.3. The zero-order valence-electron chi connectivity index (χ0n) is 10.5. The zero-order chi connectivity index (χ0) is 12.3. The molecule has 0 bridgehead atoms. The van der Waals surface area contributed by atoms with Crippen LogP contribution in [0, 0.1) is 12.3 Å². The summed E-state index contributed by atoms with van der Waals surface area (Å²) in [6.07, 6.45) is 8.17. The topological polar surface area (TPSA) is 21.3 Å². The maximum absolute atomic E-state index is 5.60. The number of nitrogens with one attached hydrogen (secondary N) is 1. The van der Waals surface area contributed by atoms with Crippen LogP contribution in [0.3, 0.4) is 0 Å². The quantitative estimate of drug-likeness (QED) is 0.548. The Bertz CT molecular complexity index is 329. The molecule has 0 aliphatic carbocycles. The molecule has 2 nitrogen and oxygen atoms in total. The van der Waals surface area contributed by atoms with Crippen LogP contribution in [0.5, 0.6) is 5.75 Å². The number of terminal acetylenes is 1. The fourth-order valence-corrected chi connectivity index (χ4v) is 1.59. The summed E-state index contributed by atoms with van der Waals surface area (Å²) in [5.74, 6) is 3.63. The Hall–Kier alpha value is -1.46. The van der Waals surface area contributed by atoms with Crippen molar-refractivity contribution in [1.29, 1.82) is 0 Å². The van der Waals surface area contributed by atoms with E-state index in [2.05, 4.69) is 18.2 Å². The SMILES string of the molecule is C#CCC(CC)NCCCOc1ccccc1. The third-order valence-corrected chi connectivity index (χ3v) is 2.62. The minimum Gasteiger partial charge on any atom is -0.494 e. The molecular formula is C15H21NO. The summed E-state index contributed by atoms with van der Waals surface area (Å²) in [4.78, 5) is 0. The number of rotatable bonds is 8. The fourth-order valence-electron chi connectivity index (χ4n) is 1.59. The van der Waals surface area contributed by atoms with Crippen LogP contribution in [-0.4, -0.2) is 19.2 Å². The predicted octanol–water partition coefficient (Wildman–Crippen LogP) is 2.85. The van der Waals surface area contributed by atoms with Crippen molar-refractivity contribution >= 4 is 0 Å². The van der Waals surface area contributed by atoms with Gasteiger partial charge in [-0.05, 0) is 31.5 Å². The molecule has 0 fully saturated rings. The van der Waals surface area contributed by atoms with Crippen LogP contribution in [0.1, 0.15) is 26.2 Å². The van der Waals surface area contributed by atoms with E-state index in [1.165, 1.54) is 0 Å². The van der Waals surface area contributed by atoms with Crippen molar-refractivity contribution in [1.82, 2.24) is 5.32 Å². The molecule has 1 unspecified atom stereocenters. The van der Waals surface area contributed by atoms with Crippen molar-refractivity contribution in [2.75, 3.05) is 13.2 Å². The van der Waals surface area contributed by atoms with Crippen LogP contribution in [0.2, 0.25) is 0 Å². The molecule has 1 rings (SSSR count). The molecule has 0 aliphatic heterocycles. The lowest BCUT2D eigenvalue weighted by atomic mass is 10.1. The fraction of sp³-hybridized carbons (Fsp3) is 0.467. The highest BCUT2D eigenvalue weighted by Gasteiger charge is 2.02. The van der Waals surface area contributed by atoms with Gasteiger partial charge < -0.3 is 10.1 Å². The first-order chi connectivity index (χ1) is 8.36. The van der Waals surface area contributed by atoms with Gasteiger partial charge >= 0.3 is 0 Å². The van der Waals surface area contributed by atoms with Crippen molar-refractivity contribution in [2.24, 2.45) is 0 Å². The lowest BCUT2D eigenvalue weighted by Crippen LogP contribution is -2.29. The van der Waals surface area contributed by atoms with Crippen molar-refractivity contribution in [2.45, 2.75) is 32.2 Å². The lowest BCUT2D eigenvalue weighted by Gasteiger charge is -2.14. The van der Waals surface area contributed by atoms with Gasteiger partial charge in [0.25, 0.3) is 0 Å². The third kappa shape index (κ3) is 5.99. The summed E-state index contributed by atoms with van der Waals surface area (Å²) >= 11 is 0. The molecule has 1 atom stereocenters. The van der Waals surface area contributed by atoms with E-state index < -0.39 is 0 Å². The van der Waals surface area contributed by atoms with Gasteiger partial charge in [0, 0.05) is 12.5 Å². The average molecular weight is 231 g/mol. The number of hydrogen-bond donors (Lipinski definition) is 1. The molecule has 0 saturated heterocycles. The second kappa shape index (κ2) is 8.66.